The van der Waals surface area contributed by atoms with Crippen molar-refractivity contribution in [3.63, 3.8) is 0 Å². The smallest absolute Gasteiger partial charge is 0.137 e. The molecule has 2 aromatic heterocycles. The number of ether oxygens (including phenoxy) is 1. The Morgan fingerprint density at radius 2 is 2.30 bits per heavy atom. The number of aryl methyl sites for hydroxylation is 1. The maximum absolute atomic E-state index is 5.48. The van der Waals surface area contributed by atoms with E-state index in [0.29, 0.717) is 5.92 Å². The van der Waals surface area contributed by atoms with Crippen molar-refractivity contribution in [2.24, 2.45) is 7.05 Å². The van der Waals surface area contributed by atoms with Gasteiger partial charge < -0.3 is 9.30 Å². The molecule has 0 spiro atoms. The van der Waals surface area contributed by atoms with Crippen LogP contribution in [-0.4, -0.2) is 37.8 Å². The van der Waals surface area contributed by atoms with E-state index in [1.165, 1.54) is 0 Å². The third-order valence-corrected chi connectivity index (χ3v) is 3.84. The van der Waals surface area contributed by atoms with Gasteiger partial charge in [-0.25, -0.2) is 9.67 Å². The van der Waals surface area contributed by atoms with Crippen molar-refractivity contribution < 1.29 is 4.74 Å². The van der Waals surface area contributed by atoms with E-state index < -0.39 is 0 Å². The van der Waals surface area contributed by atoms with Crippen molar-refractivity contribution in [3.8, 4) is 5.69 Å². The van der Waals surface area contributed by atoms with Crippen LogP contribution in [0.2, 0.25) is 0 Å². The Bertz CT molecular complexity index is 754. The van der Waals surface area contributed by atoms with E-state index in [0.717, 1.165) is 42.2 Å². The quantitative estimate of drug-likeness (QED) is 0.710. The molecule has 0 N–H and O–H groups in total. The molecule has 1 unspecified atom stereocenters. The second kappa shape index (κ2) is 4.42. The van der Waals surface area contributed by atoms with Crippen LogP contribution in [0.3, 0.4) is 0 Å². The molecule has 1 saturated heterocycles. The Morgan fingerprint density at radius 3 is 3.15 bits per heavy atom. The number of hydrogen-bond acceptors (Lipinski definition) is 4. The number of imidazole rings is 1. The Balaban J connectivity index is 1.89. The molecule has 4 rings (SSSR count). The molecule has 0 bridgehead atoms. The van der Waals surface area contributed by atoms with Gasteiger partial charge in [0.2, 0.25) is 0 Å². The summed E-state index contributed by atoms with van der Waals surface area (Å²) in [5.74, 6) is 1.40. The number of rotatable bonds is 2. The monoisotopic (exact) mass is 269 g/mol. The summed E-state index contributed by atoms with van der Waals surface area (Å²) in [5, 5.41) is 8.38. The van der Waals surface area contributed by atoms with Crippen LogP contribution in [0.5, 0.6) is 0 Å². The van der Waals surface area contributed by atoms with Gasteiger partial charge in [-0.1, -0.05) is 11.3 Å². The molecule has 1 aromatic carbocycles. The van der Waals surface area contributed by atoms with E-state index >= 15 is 0 Å². The zero-order valence-corrected chi connectivity index (χ0v) is 11.2. The standard InChI is InChI=1S/C14H15N5O/c1-18-11-3-2-4-12(13(11)16-17-18)19-7-6-15-14(19)10-5-8-20-9-10/h2-4,6-7,10H,5,8-9H2,1H3. The molecule has 102 valence electrons. The van der Waals surface area contributed by atoms with Crippen LogP contribution >= 0.6 is 0 Å². The zero-order chi connectivity index (χ0) is 13.5. The SMILES string of the molecule is Cn1nnc2c(-n3ccnc3C3CCOC3)cccc21. The first kappa shape index (κ1) is 11.6. The fraction of sp³-hybridized carbons (Fsp3) is 0.357. The summed E-state index contributed by atoms with van der Waals surface area (Å²) < 4.78 is 9.37. The summed E-state index contributed by atoms with van der Waals surface area (Å²) in [6.45, 7) is 1.56. The fourth-order valence-electron chi connectivity index (χ4n) is 2.80. The van der Waals surface area contributed by atoms with Gasteiger partial charge in [0.15, 0.2) is 0 Å². The van der Waals surface area contributed by atoms with Crippen molar-refractivity contribution in [1.82, 2.24) is 24.5 Å². The zero-order valence-electron chi connectivity index (χ0n) is 11.2. The maximum Gasteiger partial charge on any atom is 0.137 e. The highest BCUT2D eigenvalue weighted by molar-refractivity contribution is 5.83. The first-order valence-electron chi connectivity index (χ1n) is 6.74. The van der Waals surface area contributed by atoms with Crippen molar-refractivity contribution in [2.45, 2.75) is 12.3 Å². The third-order valence-electron chi connectivity index (χ3n) is 3.84. The molecule has 0 aliphatic carbocycles. The highest BCUT2D eigenvalue weighted by Crippen LogP contribution is 2.28. The van der Waals surface area contributed by atoms with Crippen LogP contribution < -0.4 is 0 Å². The van der Waals surface area contributed by atoms with Crippen LogP contribution in [0.15, 0.2) is 30.6 Å². The number of benzene rings is 1. The highest BCUT2D eigenvalue weighted by Gasteiger charge is 2.23. The molecule has 0 saturated carbocycles. The van der Waals surface area contributed by atoms with E-state index in [2.05, 4.69) is 25.9 Å². The minimum absolute atomic E-state index is 0.358. The lowest BCUT2D eigenvalue weighted by Gasteiger charge is -2.12. The van der Waals surface area contributed by atoms with Gasteiger partial charge in [-0.3, -0.25) is 0 Å². The van der Waals surface area contributed by atoms with E-state index in [-0.39, 0.29) is 0 Å². The topological polar surface area (TPSA) is 57.8 Å². The first-order valence-corrected chi connectivity index (χ1v) is 6.74. The van der Waals surface area contributed by atoms with Gasteiger partial charge in [0.25, 0.3) is 0 Å². The molecular weight excluding hydrogens is 254 g/mol. The molecule has 1 fully saturated rings. The average Bonchev–Trinajstić information content (AvgIpc) is 3.18. The van der Waals surface area contributed by atoms with Gasteiger partial charge in [0.05, 0.1) is 17.8 Å². The van der Waals surface area contributed by atoms with Crippen LogP contribution in [0.4, 0.5) is 0 Å². The molecule has 20 heavy (non-hydrogen) atoms. The van der Waals surface area contributed by atoms with Gasteiger partial charge in [-0.2, -0.15) is 0 Å². The third kappa shape index (κ3) is 1.65. The lowest BCUT2D eigenvalue weighted by atomic mass is 10.1. The molecule has 0 amide bonds. The average molecular weight is 269 g/mol. The molecular formula is C14H15N5O. The predicted octanol–water partition coefficient (Wildman–Crippen LogP) is 1.66. The van der Waals surface area contributed by atoms with E-state index in [1.54, 1.807) is 4.68 Å². The first-order chi connectivity index (χ1) is 9.84. The van der Waals surface area contributed by atoms with Crippen molar-refractivity contribution in [1.29, 1.82) is 0 Å². The lowest BCUT2D eigenvalue weighted by molar-refractivity contribution is 0.193. The number of fused-ring (bicyclic) bond motifs is 1. The van der Waals surface area contributed by atoms with E-state index in [1.807, 2.05) is 31.6 Å². The van der Waals surface area contributed by atoms with E-state index in [4.69, 9.17) is 4.74 Å². The molecule has 1 aliphatic rings. The number of nitrogens with zero attached hydrogens (tertiary/aromatic N) is 5. The summed E-state index contributed by atoms with van der Waals surface area (Å²) in [5.41, 5.74) is 2.94. The molecule has 0 radical (unpaired) electrons. The van der Waals surface area contributed by atoms with E-state index in [9.17, 15) is 0 Å². The van der Waals surface area contributed by atoms with Crippen LogP contribution in [-0.2, 0) is 11.8 Å². The molecule has 1 aliphatic heterocycles. The van der Waals surface area contributed by atoms with Crippen LogP contribution in [0.1, 0.15) is 18.2 Å². The second-order valence-electron chi connectivity index (χ2n) is 5.07. The van der Waals surface area contributed by atoms with Crippen LogP contribution in [0.25, 0.3) is 16.7 Å². The summed E-state index contributed by atoms with van der Waals surface area (Å²) in [6.07, 6.45) is 4.84. The predicted molar refractivity (Wildman–Crippen MR) is 73.8 cm³/mol. The second-order valence-corrected chi connectivity index (χ2v) is 5.07. The van der Waals surface area contributed by atoms with Crippen molar-refractivity contribution in [3.05, 3.63) is 36.4 Å². The maximum atomic E-state index is 5.48. The summed E-state index contributed by atoms with van der Waals surface area (Å²) >= 11 is 0. The Hall–Kier alpha value is -2.21. The summed E-state index contributed by atoms with van der Waals surface area (Å²) in [7, 11) is 1.90. The molecule has 6 heteroatoms. The molecule has 1 atom stereocenters. The number of hydrogen-bond donors (Lipinski definition) is 0. The summed E-state index contributed by atoms with van der Waals surface area (Å²) in [4.78, 5) is 4.52. The van der Waals surface area contributed by atoms with Gasteiger partial charge in [0.1, 0.15) is 11.3 Å². The highest BCUT2D eigenvalue weighted by atomic mass is 16.5. The normalized spacial score (nSPS) is 18.9. The Morgan fingerprint density at radius 1 is 1.35 bits per heavy atom. The Kier molecular flexibility index (Phi) is 2.56. The van der Waals surface area contributed by atoms with Gasteiger partial charge >= 0.3 is 0 Å². The largest absolute Gasteiger partial charge is 0.381 e. The molecule has 6 nitrogen and oxygen atoms in total. The molecule has 3 heterocycles. The Labute approximate surface area is 116 Å². The summed E-state index contributed by atoms with van der Waals surface area (Å²) in [6, 6.07) is 6.10. The molecule has 3 aromatic rings. The van der Waals surface area contributed by atoms with Gasteiger partial charge in [-0.05, 0) is 18.6 Å². The van der Waals surface area contributed by atoms with Crippen LogP contribution in [0, 0.1) is 0 Å². The fourth-order valence-corrected chi connectivity index (χ4v) is 2.80. The minimum Gasteiger partial charge on any atom is -0.381 e. The number of aromatic nitrogens is 5. The van der Waals surface area contributed by atoms with Gasteiger partial charge in [-0.15, -0.1) is 5.10 Å². The lowest BCUT2D eigenvalue weighted by Crippen LogP contribution is -2.07. The van der Waals surface area contributed by atoms with Crippen molar-refractivity contribution >= 4 is 11.0 Å². The van der Waals surface area contributed by atoms with Gasteiger partial charge in [0, 0.05) is 32.0 Å². The van der Waals surface area contributed by atoms with Crippen molar-refractivity contribution in [2.75, 3.05) is 13.2 Å². The minimum atomic E-state index is 0.358.